The molecule has 7 heteroatoms. The molecule has 0 spiro atoms. The number of nitrogens with one attached hydrogen (secondary N) is 1. The predicted octanol–water partition coefficient (Wildman–Crippen LogP) is -0.879. The molecule has 1 aromatic rings. The Bertz CT molecular complexity index is 475. The third kappa shape index (κ3) is 5.85. The number of benzene rings is 1. The molecule has 0 aliphatic rings. The van der Waals surface area contributed by atoms with Crippen LogP contribution in [-0.4, -0.2) is 43.0 Å². The van der Waals surface area contributed by atoms with E-state index < -0.39 is 24.5 Å². The van der Waals surface area contributed by atoms with E-state index in [9.17, 15) is 19.5 Å². The summed E-state index contributed by atoms with van der Waals surface area (Å²) in [6.07, 6.45) is -0.746. The van der Waals surface area contributed by atoms with E-state index in [0.717, 1.165) is 10.5 Å². The largest absolute Gasteiger partial charge is 0.548 e. The van der Waals surface area contributed by atoms with Crippen molar-refractivity contribution in [2.45, 2.75) is 6.61 Å². The minimum absolute atomic E-state index is 0.0930. The van der Waals surface area contributed by atoms with Crippen molar-refractivity contribution in [3.8, 4) is 0 Å². The first-order valence-electron chi connectivity index (χ1n) is 5.87. The molecule has 20 heavy (non-hydrogen) atoms. The third-order valence-corrected chi connectivity index (χ3v) is 2.39. The molecular weight excluding hydrogens is 264 g/mol. The SMILES string of the molecule is CN(CC(=O)[O-])C(=O)CNC(=O)OCc1ccccc1. The van der Waals surface area contributed by atoms with Gasteiger partial charge in [-0.1, -0.05) is 30.3 Å². The molecule has 1 aromatic carbocycles. The molecular formula is C13H15N2O5-. The van der Waals surface area contributed by atoms with Crippen LogP contribution in [0, 0.1) is 0 Å². The highest BCUT2D eigenvalue weighted by molar-refractivity contribution is 5.84. The van der Waals surface area contributed by atoms with Crippen LogP contribution in [-0.2, 0) is 20.9 Å². The van der Waals surface area contributed by atoms with E-state index in [1.807, 2.05) is 18.2 Å². The molecule has 0 heterocycles. The first kappa shape index (κ1) is 15.5. The highest BCUT2D eigenvalue weighted by atomic mass is 16.5. The molecule has 1 N–H and O–H groups in total. The van der Waals surface area contributed by atoms with E-state index >= 15 is 0 Å². The van der Waals surface area contributed by atoms with E-state index in [4.69, 9.17) is 4.74 Å². The number of nitrogens with zero attached hydrogens (tertiary/aromatic N) is 1. The number of aliphatic carboxylic acids is 1. The van der Waals surface area contributed by atoms with Crippen LogP contribution in [0.25, 0.3) is 0 Å². The van der Waals surface area contributed by atoms with E-state index in [1.165, 1.54) is 7.05 Å². The fraction of sp³-hybridized carbons (Fsp3) is 0.308. The molecule has 0 aliphatic carbocycles. The molecule has 0 saturated heterocycles. The van der Waals surface area contributed by atoms with E-state index in [2.05, 4.69) is 5.32 Å². The average molecular weight is 279 g/mol. The molecule has 0 fully saturated rings. The second-order valence-electron chi connectivity index (χ2n) is 4.04. The smallest absolute Gasteiger partial charge is 0.407 e. The lowest BCUT2D eigenvalue weighted by molar-refractivity contribution is -0.305. The Morgan fingerprint density at radius 2 is 1.90 bits per heavy atom. The van der Waals surface area contributed by atoms with Crippen molar-refractivity contribution in [3.63, 3.8) is 0 Å². The van der Waals surface area contributed by atoms with Crippen molar-refractivity contribution in [1.82, 2.24) is 10.2 Å². The fourth-order valence-electron chi connectivity index (χ4n) is 1.34. The molecule has 0 radical (unpaired) electrons. The van der Waals surface area contributed by atoms with Gasteiger partial charge in [-0.15, -0.1) is 0 Å². The lowest BCUT2D eigenvalue weighted by atomic mass is 10.2. The zero-order valence-electron chi connectivity index (χ0n) is 11.0. The van der Waals surface area contributed by atoms with E-state index in [1.54, 1.807) is 12.1 Å². The van der Waals surface area contributed by atoms with Crippen molar-refractivity contribution < 1.29 is 24.2 Å². The number of carboxylic acid groups (broad SMARTS) is 1. The first-order valence-corrected chi connectivity index (χ1v) is 5.87. The summed E-state index contributed by atoms with van der Waals surface area (Å²) in [6.45, 7) is -0.771. The van der Waals surface area contributed by atoms with Crippen LogP contribution in [0.15, 0.2) is 30.3 Å². The van der Waals surface area contributed by atoms with Gasteiger partial charge in [-0.3, -0.25) is 4.79 Å². The summed E-state index contributed by atoms with van der Waals surface area (Å²) in [5.41, 5.74) is 0.822. The molecule has 0 atom stereocenters. The van der Waals surface area contributed by atoms with Crippen LogP contribution in [0.5, 0.6) is 0 Å². The van der Waals surface area contributed by atoms with Crippen LogP contribution in [0.3, 0.4) is 0 Å². The Balaban J connectivity index is 2.26. The summed E-state index contributed by atoms with van der Waals surface area (Å²) in [5.74, 6) is -1.92. The number of ether oxygens (including phenoxy) is 1. The van der Waals surface area contributed by atoms with Gasteiger partial charge in [0.2, 0.25) is 5.91 Å². The second-order valence-corrected chi connectivity index (χ2v) is 4.04. The van der Waals surface area contributed by atoms with E-state index in [0.29, 0.717) is 0 Å². The number of likely N-dealkylation sites (N-methyl/N-ethyl adjacent to an activating group) is 1. The molecule has 1 rings (SSSR count). The van der Waals surface area contributed by atoms with Gasteiger partial charge in [-0.05, 0) is 5.56 Å². The highest BCUT2D eigenvalue weighted by Crippen LogP contribution is 2.00. The maximum atomic E-state index is 11.4. The number of hydrogen-bond donors (Lipinski definition) is 1. The summed E-state index contributed by atoms with van der Waals surface area (Å²) in [5, 5.41) is 12.5. The van der Waals surface area contributed by atoms with Gasteiger partial charge in [-0.2, -0.15) is 0 Å². The summed E-state index contributed by atoms with van der Waals surface area (Å²) >= 11 is 0. The van der Waals surface area contributed by atoms with Gasteiger partial charge in [0.1, 0.15) is 13.2 Å². The Kier molecular flexibility index (Phi) is 6.02. The normalized spacial score (nSPS) is 9.65. The van der Waals surface area contributed by atoms with Gasteiger partial charge >= 0.3 is 6.09 Å². The zero-order chi connectivity index (χ0) is 15.0. The van der Waals surface area contributed by atoms with Gasteiger partial charge in [0, 0.05) is 7.05 Å². The highest BCUT2D eigenvalue weighted by Gasteiger charge is 2.11. The number of amides is 2. The number of carboxylic acids is 1. The number of carbonyl (C=O) groups excluding carboxylic acids is 3. The van der Waals surface area contributed by atoms with Crippen LogP contribution in [0.2, 0.25) is 0 Å². The molecule has 2 amide bonds. The first-order chi connectivity index (χ1) is 9.49. The second kappa shape index (κ2) is 7.78. The Hall–Kier alpha value is -2.57. The van der Waals surface area contributed by atoms with Crippen molar-refractivity contribution in [1.29, 1.82) is 0 Å². The van der Waals surface area contributed by atoms with Crippen molar-refractivity contribution >= 4 is 18.0 Å². The van der Waals surface area contributed by atoms with Crippen LogP contribution >= 0.6 is 0 Å². The van der Waals surface area contributed by atoms with Crippen molar-refractivity contribution in [3.05, 3.63) is 35.9 Å². The summed E-state index contributed by atoms with van der Waals surface area (Å²) < 4.78 is 4.89. The third-order valence-electron chi connectivity index (χ3n) is 2.39. The Labute approximate surface area is 116 Å². The summed E-state index contributed by atoms with van der Waals surface area (Å²) in [4.78, 5) is 34.0. The number of alkyl carbamates (subject to hydrolysis) is 1. The number of hydrogen-bond acceptors (Lipinski definition) is 5. The quantitative estimate of drug-likeness (QED) is 0.729. The zero-order valence-corrected chi connectivity index (χ0v) is 11.0. The lowest BCUT2D eigenvalue weighted by Crippen LogP contribution is -2.43. The number of carbonyl (C=O) groups is 3. The maximum absolute atomic E-state index is 11.4. The van der Waals surface area contributed by atoms with Gasteiger partial charge < -0.3 is 24.9 Å². The molecule has 0 bridgehead atoms. The monoisotopic (exact) mass is 279 g/mol. The summed E-state index contributed by atoms with van der Waals surface area (Å²) in [7, 11) is 1.30. The minimum Gasteiger partial charge on any atom is -0.548 e. The standard InChI is InChI=1S/C13H16N2O5/c1-15(8-12(17)18)11(16)7-14-13(19)20-9-10-5-3-2-4-6-10/h2-6H,7-9H2,1H3,(H,14,19)(H,17,18)/p-1. The minimum atomic E-state index is -1.37. The molecule has 0 saturated carbocycles. The average Bonchev–Trinajstić information content (AvgIpc) is 2.42. The van der Waals surface area contributed by atoms with Crippen LogP contribution in [0.1, 0.15) is 5.56 Å². The molecule has 0 aliphatic heterocycles. The fourth-order valence-corrected chi connectivity index (χ4v) is 1.34. The van der Waals surface area contributed by atoms with Crippen molar-refractivity contribution in [2.24, 2.45) is 0 Å². The van der Waals surface area contributed by atoms with Gasteiger partial charge in [0.05, 0.1) is 12.5 Å². The lowest BCUT2D eigenvalue weighted by Gasteiger charge is -2.17. The van der Waals surface area contributed by atoms with Crippen molar-refractivity contribution in [2.75, 3.05) is 20.1 Å². The van der Waals surface area contributed by atoms with E-state index in [-0.39, 0.29) is 13.2 Å². The van der Waals surface area contributed by atoms with Gasteiger partial charge in [0.15, 0.2) is 0 Å². The topological polar surface area (TPSA) is 98.8 Å². The molecule has 0 unspecified atom stereocenters. The molecule has 0 aromatic heterocycles. The van der Waals surface area contributed by atoms with Crippen LogP contribution in [0.4, 0.5) is 4.79 Å². The molecule has 108 valence electrons. The Morgan fingerprint density at radius 1 is 1.25 bits per heavy atom. The maximum Gasteiger partial charge on any atom is 0.407 e. The number of rotatable bonds is 6. The predicted molar refractivity (Wildman–Crippen MR) is 67.3 cm³/mol. The van der Waals surface area contributed by atoms with Crippen LogP contribution < -0.4 is 10.4 Å². The van der Waals surface area contributed by atoms with Gasteiger partial charge in [-0.25, -0.2) is 4.79 Å². The molecule has 7 nitrogen and oxygen atoms in total. The summed E-state index contributed by atoms with van der Waals surface area (Å²) in [6, 6.07) is 9.07. The Morgan fingerprint density at radius 3 is 2.50 bits per heavy atom. The van der Waals surface area contributed by atoms with Gasteiger partial charge in [0.25, 0.3) is 0 Å².